The van der Waals surface area contributed by atoms with Crippen molar-refractivity contribution < 1.29 is 4.39 Å². The Hall–Kier alpha value is 0.180. The van der Waals surface area contributed by atoms with Gasteiger partial charge in [-0.05, 0) is 19.9 Å². The van der Waals surface area contributed by atoms with Crippen LogP contribution in [0.3, 0.4) is 0 Å². The van der Waals surface area contributed by atoms with Crippen molar-refractivity contribution in [2.24, 2.45) is 5.73 Å². The van der Waals surface area contributed by atoms with E-state index in [9.17, 15) is 4.39 Å². The molecule has 0 saturated carbocycles. The molecule has 1 atom stereocenters. The maximum atomic E-state index is 11.6. The van der Waals surface area contributed by atoms with Gasteiger partial charge < -0.3 is 5.73 Å². The molecular weight excluding hydrogens is 117 g/mol. The van der Waals surface area contributed by atoms with Crippen molar-refractivity contribution >= 4 is 12.4 Å². The fourth-order valence-electron chi connectivity index (χ4n) is 0.230. The summed E-state index contributed by atoms with van der Waals surface area (Å²) in [6, 6.07) is 0. The number of nitrogens with two attached hydrogens (primary N) is 1. The van der Waals surface area contributed by atoms with E-state index in [0.717, 1.165) is 0 Å². The second-order valence-corrected chi connectivity index (χ2v) is 1.36. The standard InChI is InChI=1S/C4H10FN.ClH/c1-4(5)2-3-6;/h4H,2-3,6H2,1H3;1H/t4-;/m0./s1. The van der Waals surface area contributed by atoms with Crippen LogP contribution in [0.1, 0.15) is 13.3 Å². The van der Waals surface area contributed by atoms with Crippen LogP contribution >= 0.6 is 12.4 Å². The Balaban J connectivity index is 0. The monoisotopic (exact) mass is 127 g/mol. The van der Waals surface area contributed by atoms with Crippen LogP contribution in [0.15, 0.2) is 0 Å². The van der Waals surface area contributed by atoms with E-state index in [-0.39, 0.29) is 12.4 Å². The Morgan fingerprint density at radius 3 is 2.14 bits per heavy atom. The third kappa shape index (κ3) is 10.7. The number of hydrogen-bond acceptors (Lipinski definition) is 1. The lowest BCUT2D eigenvalue weighted by atomic mass is 10.3. The van der Waals surface area contributed by atoms with Gasteiger partial charge in [-0.2, -0.15) is 0 Å². The Labute approximate surface area is 49.5 Å². The molecule has 0 aromatic carbocycles. The molecule has 3 heteroatoms. The first-order chi connectivity index (χ1) is 2.77. The molecule has 0 spiro atoms. The minimum atomic E-state index is -0.727. The largest absolute Gasteiger partial charge is 0.330 e. The van der Waals surface area contributed by atoms with Gasteiger partial charge in [-0.15, -0.1) is 12.4 Å². The topological polar surface area (TPSA) is 26.0 Å². The van der Waals surface area contributed by atoms with Crippen LogP contribution in [0.5, 0.6) is 0 Å². The molecule has 0 saturated heterocycles. The molecule has 0 bridgehead atoms. The van der Waals surface area contributed by atoms with Crippen molar-refractivity contribution in [2.45, 2.75) is 19.5 Å². The van der Waals surface area contributed by atoms with Crippen LogP contribution in [0.2, 0.25) is 0 Å². The van der Waals surface area contributed by atoms with Crippen molar-refractivity contribution in [1.29, 1.82) is 0 Å². The molecule has 0 aromatic rings. The molecule has 0 aliphatic rings. The molecule has 0 amide bonds. The SMILES string of the molecule is C[C@H](F)CCN.Cl. The molecule has 2 N–H and O–H groups in total. The zero-order chi connectivity index (χ0) is 4.99. The molecule has 0 aliphatic heterocycles. The summed E-state index contributed by atoms with van der Waals surface area (Å²) >= 11 is 0. The first-order valence-corrected chi connectivity index (χ1v) is 2.11. The van der Waals surface area contributed by atoms with Crippen molar-refractivity contribution in [3.63, 3.8) is 0 Å². The average molecular weight is 128 g/mol. The molecule has 1 nitrogen and oxygen atoms in total. The molecule has 0 radical (unpaired) electrons. The van der Waals surface area contributed by atoms with E-state index in [1.54, 1.807) is 0 Å². The summed E-state index contributed by atoms with van der Waals surface area (Å²) in [7, 11) is 0. The minimum Gasteiger partial charge on any atom is -0.330 e. The fourth-order valence-corrected chi connectivity index (χ4v) is 0.230. The van der Waals surface area contributed by atoms with Gasteiger partial charge in [0, 0.05) is 0 Å². The average Bonchev–Trinajstić information content (AvgIpc) is 1.35. The van der Waals surface area contributed by atoms with E-state index < -0.39 is 6.17 Å². The quantitative estimate of drug-likeness (QED) is 0.591. The summed E-state index contributed by atoms with van der Waals surface area (Å²) in [6.45, 7) is 1.96. The highest BCUT2D eigenvalue weighted by Gasteiger charge is 1.90. The van der Waals surface area contributed by atoms with Crippen molar-refractivity contribution in [2.75, 3.05) is 6.54 Å². The van der Waals surface area contributed by atoms with Gasteiger partial charge >= 0.3 is 0 Å². The van der Waals surface area contributed by atoms with Crippen LogP contribution in [-0.4, -0.2) is 12.7 Å². The predicted octanol–water partition coefficient (Wildman–Crippen LogP) is 1.11. The van der Waals surface area contributed by atoms with Gasteiger partial charge in [0.25, 0.3) is 0 Å². The summed E-state index contributed by atoms with van der Waals surface area (Å²) in [5, 5.41) is 0. The van der Waals surface area contributed by atoms with Crippen LogP contribution in [0.25, 0.3) is 0 Å². The molecule has 0 aliphatic carbocycles. The molecule has 0 heterocycles. The third-order valence-electron chi connectivity index (χ3n) is 0.564. The van der Waals surface area contributed by atoms with Gasteiger partial charge in [-0.3, -0.25) is 0 Å². The highest BCUT2D eigenvalue weighted by molar-refractivity contribution is 5.85. The third-order valence-corrected chi connectivity index (χ3v) is 0.564. The van der Waals surface area contributed by atoms with E-state index in [1.165, 1.54) is 6.92 Å². The molecule has 0 rings (SSSR count). The highest BCUT2D eigenvalue weighted by Crippen LogP contribution is 1.90. The zero-order valence-electron chi connectivity index (χ0n) is 4.36. The fraction of sp³-hybridized carbons (Fsp3) is 1.00. The molecule has 7 heavy (non-hydrogen) atoms. The van der Waals surface area contributed by atoms with E-state index in [1.807, 2.05) is 0 Å². The minimum absolute atomic E-state index is 0. The maximum Gasteiger partial charge on any atom is 0.0985 e. The second-order valence-electron chi connectivity index (χ2n) is 1.36. The number of halogens is 2. The molecular formula is C4H11ClFN. The van der Waals surface area contributed by atoms with E-state index in [0.29, 0.717) is 13.0 Å². The number of rotatable bonds is 2. The predicted molar refractivity (Wildman–Crippen MR) is 31.5 cm³/mol. The first kappa shape index (κ1) is 10.2. The Morgan fingerprint density at radius 1 is 1.71 bits per heavy atom. The van der Waals surface area contributed by atoms with Crippen molar-refractivity contribution in [3.05, 3.63) is 0 Å². The van der Waals surface area contributed by atoms with Crippen LogP contribution in [-0.2, 0) is 0 Å². The summed E-state index contributed by atoms with van der Waals surface area (Å²) in [4.78, 5) is 0. The second kappa shape index (κ2) is 6.18. The lowest BCUT2D eigenvalue weighted by Gasteiger charge is -1.92. The normalized spacial score (nSPS) is 12.4. The van der Waals surface area contributed by atoms with Crippen molar-refractivity contribution in [3.8, 4) is 0 Å². The summed E-state index contributed by atoms with van der Waals surface area (Å²) in [5.41, 5.74) is 4.99. The van der Waals surface area contributed by atoms with E-state index in [4.69, 9.17) is 5.73 Å². The van der Waals surface area contributed by atoms with Crippen molar-refractivity contribution in [1.82, 2.24) is 0 Å². The van der Waals surface area contributed by atoms with Crippen LogP contribution in [0.4, 0.5) is 4.39 Å². The number of hydrogen-bond donors (Lipinski definition) is 1. The molecule has 0 aromatic heterocycles. The summed E-state index contributed by atoms with van der Waals surface area (Å²) in [5.74, 6) is 0. The van der Waals surface area contributed by atoms with Gasteiger partial charge in [0.1, 0.15) is 0 Å². The Morgan fingerprint density at radius 2 is 2.14 bits per heavy atom. The van der Waals surface area contributed by atoms with Gasteiger partial charge in [-0.25, -0.2) is 4.39 Å². The molecule has 46 valence electrons. The summed E-state index contributed by atoms with van der Waals surface area (Å²) in [6.07, 6.45) is -0.241. The lowest BCUT2D eigenvalue weighted by Crippen LogP contribution is -2.04. The van der Waals surface area contributed by atoms with E-state index in [2.05, 4.69) is 0 Å². The van der Waals surface area contributed by atoms with Crippen LogP contribution in [0, 0.1) is 0 Å². The van der Waals surface area contributed by atoms with Gasteiger partial charge in [-0.1, -0.05) is 0 Å². The Bertz CT molecular complexity index is 32.9. The van der Waals surface area contributed by atoms with Gasteiger partial charge in [0.15, 0.2) is 0 Å². The van der Waals surface area contributed by atoms with E-state index >= 15 is 0 Å². The van der Waals surface area contributed by atoms with Gasteiger partial charge in [0.2, 0.25) is 0 Å². The maximum absolute atomic E-state index is 11.6. The summed E-state index contributed by atoms with van der Waals surface area (Å²) < 4.78 is 11.6. The van der Waals surface area contributed by atoms with Crippen LogP contribution < -0.4 is 5.73 Å². The lowest BCUT2D eigenvalue weighted by molar-refractivity contribution is 0.345. The smallest absolute Gasteiger partial charge is 0.0985 e. The van der Waals surface area contributed by atoms with Gasteiger partial charge in [0.05, 0.1) is 6.17 Å². The molecule has 0 unspecified atom stereocenters. The molecule has 0 fully saturated rings. The zero-order valence-corrected chi connectivity index (χ0v) is 5.17. The highest BCUT2D eigenvalue weighted by atomic mass is 35.5. The Kier molecular flexibility index (Phi) is 9.02. The first-order valence-electron chi connectivity index (χ1n) is 2.11. The number of alkyl halides is 1.